The lowest BCUT2D eigenvalue weighted by Gasteiger charge is -2.10. The molecular weight excluding hydrogens is 283 g/mol. The summed E-state index contributed by atoms with van der Waals surface area (Å²) >= 11 is 0. The number of ether oxygens (including phenoxy) is 1. The largest absolute Gasteiger partial charge is 0.451 e. The summed E-state index contributed by atoms with van der Waals surface area (Å²) in [5.74, 6) is -12.0. The average molecular weight is 290 g/mol. The monoisotopic (exact) mass is 290 g/mol. The average Bonchev–Trinajstić information content (AvgIpc) is 2.48. The Morgan fingerprint density at radius 1 is 0.750 bits per heavy atom. The molecule has 0 aliphatic rings. The van der Waals surface area contributed by atoms with Crippen LogP contribution in [0.4, 0.5) is 22.0 Å². The highest BCUT2D eigenvalue weighted by molar-refractivity contribution is 5.36. The topological polar surface area (TPSA) is 29.5 Å². The summed E-state index contributed by atoms with van der Waals surface area (Å²) in [7, 11) is 0. The van der Waals surface area contributed by atoms with E-state index in [0.29, 0.717) is 5.56 Å². The second-order valence-electron chi connectivity index (χ2n) is 3.80. The molecule has 2 aromatic rings. The van der Waals surface area contributed by atoms with Crippen molar-refractivity contribution in [1.29, 1.82) is 0 Å². The molecule has 0 bridgehead atoms. The molecule has 0 atom stereocenters. The van der Waals surface area contributed by atoms with E-state index < -0.39 is 34.8 Å². The quantitative estimate of drug-likeness (QED) is 0.531. The van der Waals surface area contributed by atoms with Gasteiger partial charge in [-0.2, -0.15) is 8.78 Å². The van der Waals surface area contributed by atoms with E-state index >= 15 is 0 Å². The lowest BCUT2D eigenvalue weighted by Crippen LogP contribution is -2.04. The van der Waals surface area contributed by atoms with Crippen LogP contribution < -0.4 is 4.74 Å². The Balaban J connectivity index is 2.42. The fourth-order valence-corrected chi connectivity index (χ4v) is 1.46. The van der Waals surface area contributed by atoms with Gasteiger partial charge in [0.05, 0.1) is 6.61 Å². The maximum absolute atomic E-state index is 13.3. The van der Waals surface area contributed by atoms with Gasteiger partial charge >= 0.3 is 0 Å². The molecule has 1 N–H and O–H groups in total. The third-order valence-electron chi connectivity index (χ3n) is 2.50. The molecule has 2 rings (SSSR count). The fourth-order valence-electron chi connectivity index (χ4n) is 1.46. The summed E-state index contributed by atoms with van der Waals surface area (Å²) in [6, 6.07) is 5.20. The zero-order valence-corrected chi connectivity index (χ0v) is 9.76. The van der Waals surface area contributed by atoms with Gasteiger partial charge in [-0.15, -0.1) is 0 Å². The Morgan fingerprint density at radius 3 is 1.65 bits per heavy atom. The van der Waals surface area contributed by atoms with E-state index in [0.717, 1.165) is 0 Å². The Morgan fingerprint density at radius 2 is 1.20 bits per heavy atom. The predicted octanol–water partition coefficient (Wildman–Crippen LogP) is 3.67. The molecule has 0 spiro atoms. The molecular formula is C13H7F5O2. The van der Waals surface area contributed by atoms with Crippen molar-refractivity contribution in [2.24, 2.45) is 0 Å². The number of hydrogen-bond acceptors (Lipinski definition) is 2. The van der Waals surface area contributed by atoms with Crippen LogP contribution in [0.15, 0.2) is 24.3 Å². The normalized spacial score (nSPS) is 10.7. The first kappa shape index (κ1) is 14.3. The highest BCUT2D eigenvalue weighted by Gasteiger charge is 2.27. The highest BCUT2D eigenvalue weighted by Crippen LogP contribution is 2.32. The van der Waals surface area contributed by atoms with E-state index in [1.165, 1.54) is 24.3 Å². The van der Waals surface area contributed by atoms with Gasteiger partial charge in [0.25, 0.3) is 0 Å². The van der Waals surface area contributed by atoms with E-state index in [-0.39, 0.29) is 12.4 Å². The summed E-state index contributed by atoms with van der Waals surface area (Å²) in [5, 5.41) is 8.81. The smallest absolute Gasteiger partial charge is 0.207 e. The second kappa shape index (κ2) is 5.46. The maximum atomic E-state index is 13.3. The van der Waals surface area contributed by atoms with Crippen molar-refractivity contribution in [1.82, 2.24) is 0 Å². The van der Waals surface area contributed by atoms with Crippen molar-refractivity contribution >= 4 is 0 Å². The highest BCUT2D eigenvalue weighted by atomic mass is 19.2. The van der Waals surface area contributed by atoms with Crippen LogP contribution in [0, 0.1) is 29.1 Å². The van der Waals surface area contributed by atoms with E-state index in [4.69, 9.17) is 5.11 Å². The summed E-state index contributed by atoms with van der Waals surface area (Å²) < 4.78 is 70.1. The molecule has 0 aliphatic heterocycles. The van der Waals surface area contributed by atoms with Gasteiger partial charge in [-0.3, -0.25) is 0 Å². The molecule has 0 fully saturated rings. The van der Waals surface area contributed by atoms with Gasteiger partial charge < -0.3 is 9.84 Å². The van der Waals surface area contributed by atoms with Gasteiger partial charge in [0.15, 0.2) is 0 Å². The molecule has 0 amide bonds. The predicted molar refractivity (Wildman–Crippen MR) is 58.7 cm³/mol. The standard InChI is InChI=1S/C13H7F5O2/c14-8-9(15)11(17)13(12(18)10(8)16)20-7-3-1-6(5-19)2-4-7/h1-4,19H,5H2. The molecule has 0 aromatic heterocycles. The van der Waals surface area contributed by atoms with Gasteiger partial charge in [0.2, 0.25) is 34.8 Å². The van der Waals surface area contributed by atoms with Crippen LogP contribution in [-0.4, -0.2) is 5.11 Å². The lowest BCUT2D eigenvalue weighted by atomic mass is 10.2. The summed E-state index contributed by atoms with van der Waals surface area (Å²) in [6.45, 7) is -0.261. The minimum absolute atomic E-state index is 0.134. The molecule has 0 heterocycles. The fraction of sp³-hybridized carbons (Fsp3) is 0.0769. The molecule has 0 saturated heterocycles. The third-order valence-corrected chi connectivity index (χ3v) is 2.50. The van der Waals surface area contributed by atoms with E-state index in [2.05, 4.69) is 4.74 Å². The van der Waals surface area contributed by atoms with Crippen LogP contribution in [0.25, 0.3) is 0 Å². The molecule has 106 valence electrons. The van der Waals surface area contributed by atoms with Gasteiger partial charge in [-0.05, 0) is 17.7 Å². The van der Waals surface area contributed by atoms with Crippen molar-refractivity contribution in [3.05, 3.63) is 58.9 Å². The number of rotatable bonds is 3. The Bertz CT molecular complexity index is 611. The van der Waals surface area contributed by atoms with E-state index in [9.17, 15) is 22.0 Å². The lowest BCUT2D eigenvalue weighted by molar-refractivity contribution is 0.281. The van der Waals surface area contributed by atoms with Gasteiger partial charge in [-0.25, -0.2) is 13.2 Å². The number of halogens is 5. The van der Waals surface area contributed by atoms with Crippen molar-refractivity contribution in [3.8, 4) is 11.5 Å². The van der Waals surface area contributed by atoms with Gasteiger partial charge in [-0.1, -0.05) is 12.1 Å². The Kier molecular flexibility index (Phi) is 3.89. The van der Waals surface area contributed by atoms with Crippen LogP contribution in [0.5, 0.6) is 11.5 Å². The molecule has 7 heteroatoms. The first-order valence-corrected chi connectivity index (χ1v) is 5.34. The van der Waals surface area contributed by atoms with Crippen LogP contribution >= 0.6 is 0 Å². The minimum atomic E-state index is -2.25. The summed E-state index contributed by atoms with van der Waals surface area (Å²) in [5.41, 5.74) is 0.495. The van der Waals surface area contributed by atoms with Crippen LogP contribution in [0.1, 0.15) is 5.56 Å². The van der Waals surface area contributed by atoms with Crippen LogP contribution in [-0.2, 0) is 6.61 Å². The van der Waals surface area contributed by atoms with E-state index in [1.807, 2.05) is 0 Å². The van der Waals surface area contributed by atoms with Crippen LogP contribution in [0.2, 0.25) is 0 Å². The molecule has 0 unspecified atom stereocenters. The maximum Gasteiger partial charge on any atom is 0.207 e. The zero-order chi connectivity index (χ0) is 14.9. The summed E-state index contributed by atoms with van der Waals surface area (Å²) in [4.78, 5) is 0. The van der Waals surface area contributed by atoms with E-state index in [1.54, 1.807) is 0 Å². The Hall–Kier alpha value is -2.15. The molecule has 2 nitrogen and oxygen atoms in total. The van der Waals surface area contributed by atoms with Crippen molar-refractivity contribution in [2.75, 3.05) is 0 Å². The SMILES string of the molecule is OCc1ccc(Oc2c(F)c(F)c(F)c(F)c2F)cc1. The number of aliphatic hydroxyl groups excluding tert-OH is 1. The van der Waals surface area contributed by atoms with Gasteiger partial charge in [0, 0.05) is 0 Å². The third kappa shape index (κ3) is 2.44. The van der Waals surface area contributed by atoms with Crippen molar-refractivity contribution in [2.45, 2.75) is 6.61 Å². The Labute approximate surface area is 110 Å². The van der Waals surface area contributed by atoms with Gasteiger partial charge in [0.1, 0.15) is 5.75 Å². The van der Waals surface area contributed by atoms with Crippen molar-refractivity contribution in [3.63, 3.8) is 0 Å². The van der Waals surface area contributed by atoms with Crippen LogP contribution in [0.3, 0.4) is 0 Å². The molecule has 0 radical (unpaired) electrons. The number of hydrogen-bond donors (Lipinski definition) is 1. The first-order chi connectivity index (χ1) is 9.45. The first-order valence-electron chi connectivity index (χ1n) is 5.34. The molecule has 0 aliphatic carbocycles. The number of benzene rings is 2. The molecule has 0 saturated carbocycles. The van der Waals surface area contributed by atoms with Crippen molar-refractivity contribution < 1.29 is 31.8 Å². The summed E-state index contributed by atoms with van der Waals surface area (Å²) in [6.07, 6.45) is 0. The minimum Gasteiger partial charge on any atom is -0.451 e. The second-order valence-corrected chi connectivity index (χ2v) is 3.80. The molecule has 20 heavy (non-hydrogen) atoms. The zero-order valence-electron chi connectivity index (χ0n) is 9.76. The molecule has 2 aromatic carbocycles. The number of aliphatic hydroxyl groups is 1.